The maximum Gasteiger partial charge on any atom is 0.203 e. The summed E-state index contributed by atoms with van der Waals surface area (Å²) in [6.45, 7) is -0.490. The van der Waals surface area contributed by atoms with Crippen molar-refractivity contribution in [1.29, 1.82) is 0 Å². The number of phenolic OH excluding ortho intramolecular Hbond substituents is 1. The molecule has 144 valence electrons. The fourth-order valence-corrected chi connectivity index (χ4v) is 2.26. The number of ketones is 1. The van der Waals surface area contributed by atoms with E-state index in [4.69, 9.17) is 9.15 Å². The standard InChI is InChI=1S/C20H12F4O4/c21-15-9-16(22)19(24)20(18(15)23)27-10-14-6-5-13(28-14)7-8-17(26)11-1-3-12(25)4-2-11/h1-9,25H,10H2/b8-7+. The van der Waals surface area contributed by atoms with Crippen LogP contribution in [0.3, 0.4) is 0 Å². The van der Waals surface area contributed by atoms with E-state index in [-0.39, 0.29) is 29.1 Å². The first-order chi connectivity index (χ1) is 13.3. The van der Waals surface area contributed by atoms with Gasteiger partial charge < -0.3 is 14.3 Å². The molecule has 0 fully saturated rings. The summed E-state index contributed by atoms with van der Waals surface area (Å²) in [6, 6.07) is 8.61. The number of carbonyl (C=O) groups excluding carboxylic acids is 1. The molecule has 3 aromatic rings. The molecule has 0 atom stereocenters. The van der Waals surface area contributed by atoms with Gasteiger partial charge in [-0.2, -0.15) is 8.78 Å². The second kappa shape index (κ2) is 7.99. The van der Waals surface area contributed by atoms with Crippen LogP contribution in [0.25, 0.3) is 6.08 Å². The van der Waals surface area contributed by atoms with Crippen LogP contribution in [0.1, 0.15) is 21.9 Å². The molecule has 0 radical (unpaired) electrons. The average Bonchev–Trinajstić information content (AvgIpc) is 3.13. The fourth-order valence-electron chi connectivity index (χ4n) is 2.26. The number of hydrogen-bond donors (Lipinski definition) is 1. The number of furan rings is 1. The summed E-state index contributed by atoms with van der Waals surface area (Å²) in [4.78, 5) is 12.0. The first-order valence-corrected chi connectivity index (χ1v) is 7.91. The molecule has 0 aliphatic heterocycles. The SMILES string of the molecule is O=C(/C=C/c1ccc(COc2c(F)c(F)cc(F)c2F)o1)c1ccc(O)cc1. The zero-order valence-electron chi connectivity index (χ0n) is 14.1. The minimum Gasteiger partial charge on any atom is -0.508 e. The van der Waals surface area contributed by atoms with E-state index in [1.807, 2.05) is 0 Å². The Bertz CT molecular complexity index is 1010. The quantitative estimate of drug-likeness (QED) is 0.277. The van der Waals surface area contributed by atoms with E-state index in [2.05, 4.69) is 0 Å². The molecule has 0 aliphatic rings. The molecule has 1 heterocycles. The summed E-state index contributed by atoms with van der Waals surface area (Å²) >= 11 is 0. The predicted octanol–water partition coefficient (Wildman–Crippen LogP) is 5.02. The van der Waals surface area contributed by atoms with Gasteiger partial charge in [0.1, 0.15) is 23.9 Å². The van der Waals surface area contributed by atoms with Gasteiger partial charge in [0, 0.05) is 11.6 Å². The Balaban J connectivity index is 1.66. The molecule has 0 amide bonds. The van der Waals surface area contributed by atoms with Gasteiger partial charge in [-0.3, -0.25) is 4.79 Å². The molecule has 2 aromatic carbocycles. The van der Waals surface area contributed by atoms with Crippen molar-refractivity contribution in [3.05, 3.63) is 88.9 Å². The monoisotopic (exact) mass is 392 g/mol. The number of halogens is 4. The molecule has 0 unspecified atom stereocenters. The van der Waals surface area contributed by atoms with Gasteiger partial charge in [-0.25, -0.2) is 8.78 Å². The highest BCUT2D eigenvalue weighted by atomic mass is 19.2. The second-order valence-corrected chi connectivity index (χ2v) is 5.63. The zero-order chi connectivity index (χ0) is 20.3. The first kappa shape index (κ1) is 19.2. The average molecular weight is 392 g/mol. The van der Waals surface area contributed by atoms with Crippen LogP contribution < -0.4 is 4.74 Å². The Kier molecular flexibility index (Phi) is 5.49. The van der Waals surface area contributed by atoms with Crippen LogP contribution in [0, 0.1) is 23.3 Å². The van der Waals surface area contributed by atoms with Crippen LogP contribution in [0.4, 0.5) is 17.6 Å². The summed E-state index contributed by atoms with van der Waals surface area (Å²) < 4.78 is 63.5. The number of allylic oxidation sites excluding steroid dienone is 1. The number of hydrogen-bond acceptors (Lipinski definition) is 4. The number of benzene rings is 2. The Hall–Kier alpha value is -3.55. The van der Waals surface area contributed by atoms with Gasteiger partial charge in [0.25, 0.3) is 0 Å². The topological polar surface area (TPSA) is 59.7 Å². The maximum atomic E-state index is 13.5. The molecule has 1 aromatic heterocycles. The Morgan fingerprint density at radius 3 is 2.29 bits per heavy atom. The van der Waals surface area contributed by atoms with Crippen LogP contribution >= 0.6 is 0 Å². The molecule has 3 rings (SSSR count). The van der Waals surface area contributed by atoms with Gasteiger partial charge in [-0.15, -0.1) is 0 Å². The Morgan fingerprint density at radius 2 is 1.64 bits per heavy atom. The summed E-state index contributed by atoms with van der Waals surface area (Å²) in [5.41, 5.74) is 0.350. The van der Waals surface area contributed by atoms with Crippen LogP contribution in [-0.4, -0.2) is 10.9 Å². The lowest BCUT2D eigenvalue weighted by atomic mass is 10.1. The molecule has 8 heteroatoms. The highest BCUT2D eigenvalue weighted by Crippen LogP contribution is 2.27. The van der Waals surface area contributed by atoms with Crippen LogP contribution in [0.15, 0.2) is 53.0 Å². The summed E-state index contributed by atoms with van der Waals surface area (Å²) in [7, 11) is 0. The lowest BCUT2D eigenvalue weighted by Crippen LogP contribution is -2.03. The molecule has 0 aliphatic carbocycles. The van der Waals surface area contributed by atoms with Crippen LogP contribution in [0.2, 0.25) is 0 Å². The lowest BCUT2D eigenvalue weighted by Gasteiger charge is -2.08. The summed E-state index contributed by atoms with van der Waals surface area (Å²) in [5, 5.41) is 9.20. The van der Waals surface area contributed by atoms with Crippen LogP contribution in [-0.2, 0) is 6.61 Å². The van der Waals surface area contributed by atoms with Crippen molar-refractivity contribution in [1.82, 2.24) is 0 Å². The van der Waals surface area contributed by atoms with E-state index in [1.165, 1.54) is 48.6 Å². The third-order valence-electron chi connectivity index (χ3n) is 3.66. The van der Waals surface area contributed by atoms with Gasteiger partial charge >= 0.3 is 0 Å². The highest BCUT2D eigenvalue weighted by molar-refractivity contribution is 6.06. The Labute approximate surface area is 156 Å². The largest absolute Gasteiger partial charge is 0.508 e. The van der Waals surface area contributed by atoms with E-state index in [9.17, 15) is 27.5 Å². The molecule has 0 spiro atoms. The number of ether oxygens (including phenoxy) is 1. The van der Waals surface area contributed by atoms with Crippen molar-refractivity contribution < 1.29 is 36.6 Å². The molecule has 0 bridgehead atoms. The van der Waals surface area contributed by atoms with Crippen molar-refractivity contribution in [2.75, 3.05) is 0 Å². The molecular weight excluding hydrogens is 380 g/mol. The van der Waals surface area contributed by atoms with Crippen molar-refractivity contribution in [2.45, 2.75) is 6.61 Å². The molecule has 28 heavy (non-hydrogen) atoms. The first-order valence-electron chi connectivity index (χ1n) is 7.91. The second-order valence-electron chi connectivity index (χ2n) is 5.63. The minimum absolute atomic E-state index is 0.0299. The molecule has 0 saturated heterocycles. The van der Waals surface area contributed by atoms with Crippen molar-refractivity contribution >= 4 is 11.9 Å². The normalized spacial score (nSPS) is 11.1. The van der Waals surface area contributed by atoms with E-state index in [1.54, 1.807) is 0 Å². The van der Waals surface area contributed by atoms with Gasteiger partial charge in [0.05, 0.1) is 0 Å². The minimum atomic E-state index is -1.65. The highest BCUT2D eigenvalue weighted by Gasteiger charge is 2.21. The predicted molar refractivity (Wildman–Crippen MR) is 90.8 cm³/mol. The summed E-state index contributed by atoms with van der Waals surface area (Å²) in [5.74, 6) is -7.59. The Morgan fingerprint density at radius 1 is 1.00 bits per heavy atom. The third kappa shape index (κ3) is 4.22. The molecule has 4 nitrogen and oxygen atoms in total. The molecular formula is C20H12F4O4. The van der Waals surface area contributed by atoms with E-state index < -0.39 is 35.6 Å². The van der Waals surface area contributed by atoms with E-state index in [0.29, 0.717) is 5.56 Å². The number of carbonyl (C=O) groups is 1. The van der Waals surface area contributed by atoms with Crippen molar-refractivity contribution in [3.8, 4) is 11.5 Å². The van der Waals surface area contributed by atoms with Gasteiger partial charge in [-0.1, -0.05) is 0 Å². The zero-order valence-corrected chi connectivity index (χ0v) is 14.1. The van der Waals surface area contributed by atoms with Crippen molar-refractivity contribution in [2.24, 2.45) is 0 Å². The van der Waals surface area contributed by atoms with E-state index >= 15 is 0 Å². The van der Waals surface area contributed by atoms with E-state index in [0.717, 1.165) is 0 Å². The lowest BCUT2D eigenvalue weighted by molar-refractivity contribution is 0.104. The number of aromatic hydroxyl groups is 1. The van der Waals surface area contributed by atoms with Crippen molar-refractivity contribution in [3.63, 3.8) is 0 Å². The van der Waals surface area contributed by atoms with Gasteiger partial charge in [0.2, 0.25) is 11.6 Å². The third-order valence-corrected chi connectivity index (χ3v) is 3.66. The van der Waals surface area contributed by atoms with Crippen LogP contribution in [0.5, 0.6) is 11.5 Å². The van der Waals surface area contributed by atoms with Gasteiger partial charge in [0.15, 0.2) is 23.2 Å². The summed E-state index contributed by atoms with van der Waals surface area (Å²) in [6.07, 6.45) is 2.60. The maximum absolute atomic E-state index is 13.5. The van der Waals surface area contributed by atoms with Gasteiger partial charge in [-0.05, 0) is 48.6 Å². The molecule has 0 saturated carbocycles. The smallest absolute Gasteiger partial charge is 0.203 e. The fraction of sp³-hybridized carbons (Fsp3) is 0.0500. The number of rotatable bonds is 6. The number of phenols is 1. The molecule has 1 N–H and O–H groups in total.